The Labute approximate surface area is 112 Å². The fourth-order valence-electron chi connectivity index (χ4n) is 2.73. The molecule has 0 atom stereocenters. The summed E-state index contributed by atoms with van der Waals surface area (Å²) in [6, 6.07) is 0.694. The summed E-state index contributed by atoms with van der Waals surface area (Å²) in [4.78, 5) is 5.02. The fourth-order valence-corrected chi connectivity index (χ4v) is 2.73. The lowest BCUT2D eigenvalue weighted by Gasteiger charge is -2.32. The lowest BCUT2D eigenvalue weighted by Crippen LogP contribution is -2.43. The average Bonchev–Trinajstić information content (AvgIpc) is 2.40. The van der Waals surface area contributed by atoms with Crippen LogP contribution in [0.2, 0.25) is 0 Å². The van der Waals surface area contributed by atoms with Gasteiger partial charge in [-0.3, -0.25) is 4.90 Å². The Morgan fingerprint density at radius 3 is 2.39 bits per heavy atom. The zero-order valence-corrected chi connectivity index (χ0v) is 11.9. The molecule has 0 aliphatic carbocycles. The van der Waals surface area contributed by atoms with Crippen LogP contribution in [0.4, 0.5) is 0 Å². The third-order valence-corrected chi connectivity index (χ3v) is 4.08. The summed E-state index contributed by atoms with van der Waals surface area (Å²) in [5.74, 6) is 7.53. The lowest BCUT2D eigenvalue weighted by atomic mass is 9.96. The number of nitrogens with one attached hydrogen (secondary N) is 1. The van der Waals surface area contributed by atoms with Crippen LogP contribution >= 0.6 is 0 Å². The second kappa shape index (κ2) is 7.13. The van der Waals surface area contributed by atoms with E-state index in [4.69, 9.17) is 0 Å². The predicted molar refractivity (Wildman–Crippen MR) is 76.5 cm³/mol. The number of piperidine rings is 1. The molecule has 3 heteroatoms. The second-order valence-electron chi connectivity index (χ2n) is 5.75. The van der Waals surface area contributed by atoms with Gasteiger partial charge in [-0.15, -0.1) is 0 Å². The van der Waals surface area contributed by atoms with Gasteiger partial charge in [-0.2, -0.15) is 0 Å². The number of hydrogen-bond donors (Lipinski definition) is 1. The van der Waals surface area contributed by atoms with Gasteiger partial charge in [-0.05, 0) is 39.8 Å². The van der Waals surface area contributed by atoms with E-state index in [1.54, 1.807) is 0 Å². The molecule has 2 aliphatic rings. The Kier molecular flexibility index (Phi) is 5.49. The highest BCUT2D eigenvalue weighted by Crippen LogP contribution is 2.17. The second-order valence-corrected chi connectivity index (χ2v) is 5.75. The monoisotopic (exact) mass is 249 g/mol. The number of piperazine rings is 1. The third-order valence-electron chi connectivity index (χ3n) is 4.08. The van der Waals surface area contributed by atoms with Gasteiger partial charge in [0, 0.05) is 38.1 Å². The van der Waals surface area contributed by atoms with Crippen LogP contribution in [0.3, 0.4) is 0 Å². The van der Waals surface area contributed by atoms with Crippen molar-refractivity contribution in [2.45, 2.75) is 32.7 Å². The van der Waals surface area contributed by atoms with Crippen molar-refractivity contribution in [1.82, 2.24) is 15.1 Å². The van der Waals surface area contributed by atoms with Crippen molar-refractivity contribution in [2.75, 3.05) is 45.8 Å². The first kappa shape index (κ1) is 13.9. The smallest absolute Gasteiger partial charge is 0.0602 e. The van der Waals surface area contributed by atoms with Crippen molar-refractivity contribution in [3.05, 3.63) is 0 Å². The van der Waals surface area contributed by atoms with Crippen LogP contribution in [-0.2, 0) is 0 Å². The van der Waals surface area contributed by atoms with Crippen LogP contribution in [0.15, 0.2) is 0 Å². The largest absolute Gasteiger partial charge is 0.314 e. The van der Waals surface area contributed by atoms with E-state index in [1.165, 1.54) is 25.9 Å². The van der Waals surface area contributed by atoms with E-state index in [9.17, 15) is 0 Å². The summed E-state index contributed by atoms with van der Waals surface area (Å²) in [5.41, 5.74) is 0. The van der Waals surface area contributed by atoms with Crippen LogP contribution in [-0.4, -0.2) is 61.7 Å². The van der Waals surface area contributed by atoms with Gasteiger partial charge in [0.1, 0.15) is 0 Å². The van der Waals surface area contributed by atoms with Crippen molar-refractivity contribution in [3.8, 4) is 11.8 Å². The van der Waals surface area contributed by atoms with Crippen molar-refractivity contribution in [1.29, 1.82) is 0 Å². The molecule has 0 saturated carbocycles. The van der Waals surface area contributed by atoms with E-state index in [1.807, 2.05) is 0 Å². The van der Waals surface area contributed by atoms with Crippen LogP contribution < -0.4 is 5.32 Å². The maximum atomic E-state index is 3.49. The number of rotatable bonds is 2. The Morgan fingerprint density at radius 1 is 1.11 bits per heavy atom. The van der Waals surface area contributed by atoms with E-state index in [-0.39, 0.29) is 0 Å². The lowest BCUT2D eigenvalue weighted by molar-refractivity contribution is 0.167. The van der Waals surface area contributed by atoms with Gasteiger partial charge in [0.2, 0.25) is 0 Å². The maximum Gasteiger partial charge on any atom is 0.0602 e. The average molecular weight is 249 g/mol. The summed E-state index contributed by atoms with van der Waals surface area (Å²) in [6.07, 6.45) is 2.51. The molecule has 2 fully saturated rings. The molecule has 2 saturated heterocycles. The molecule has 0 bridgehead atoms. The molecule has 0 unspecified atom stereocenters. The van der Waals surface area contributed by atoms with E-state index in [0.717, 1.165) is 32.7 Å². The van der Waals surface area contributed by atoms with Gasteiger partial charge in [-0.1, -0.05) is 11.8 Å². The summed E-state index contributed by atoms with van der Waals surface area (Å²) in [5, 5.41) is 3.37. The highest BCUT2D eigenvalue weighted by atomic mass is 15.2. The maximum absolute atomic E-state index is 3.49. The Bertz CT molecular complexity index is 289. The minimum atomic E-state index is 0.642. The number of likely N-dealkylation sites (tertiary alicyclic amines) is 1. The highest BCUT2D eigenvalue weighted by molar-refractivity contribution is 5.07. The minimum absolute atomic E-state index is 0.642. The van der Waals surface area contributed by atoms with Crippen molar-refractivity contribution < 1.29 is 0 Å². The molecule has 0 aromatic heterocycles. The van der Waals surface area contributed by atoms with E-state index >= 15 is 0 Å². The molecule has 0 spiro atoms. The van der Waals surface area contributed by atoms with Gasteiger partial charge >= 0.3 is 0 Å². The summed E-state index contributed by atoms with van der Waals surface area (Å²) < 4.78 is 0. The van der Waals surface area contributed by atoms with E-state index < -0.39 is 0 Å². The molecule has 3 nitrogen and oxygen atoms in total. The molecule has 0 aromatic rings. The van der Waals surface area contributed by atoms with Crippen LogP contribution in [0.1, 0.15) is 26.7 Å². The van der Waals surface area contributed by atoms with Crippen molar-refractivity contribution in [3.63, 3.8) is 0 Å². The first-order valence-corrected chi connectivity index (χ1v) is 7.41. The SMILES string of the molecule is CC(C)N1CCC(C#CCN2CCNCC2)CC1. The molecule has 1 N–H and O–H groups in total. The van der Waals surface area contributed by atoms with Gasteiger partial charge in [-0.25, -0.2) is 0 Å². The molecule has 18 heavy (non-hydrogen) atoms. The molecule has 2 aliphatic heterocycles. The molecule has 0 aromatic carbocycles. The first-order chi connectivity index (χ1) is 8.75. The van der Waals surface area contributed by atoms with Crippen molar-refractivity contribution in [2.24, 2.45) is 5.92 Å². The van der Waals surface area contributed by atoms with Gasteiger partial charge in [0.25, 0.3) is 0 Å². The summed E-state index contributed by atoms with van der Waals surface area (Å²) >= 11 is 0. The molecular weight excluding hydrogens is 222 g/mol. The molecule has 2 heterocycles. The van der Waals surface area contributed by atoms with Crippen molar-refractivity contribution >= 4 is 0 Å². The minimum Gasteiger partial charge on any atom is -0.314 e. The molecule has 0 radical (unpaired) electrons. The van der Waals surface area contributed by atoms with Gasteiger partial charge < -0.3 is 10.2 Å². The zero-order chi connectivity index (χ0) is 12.8. The highest BCUT2D eigenvalue weighted by Gasteiger charge is 2.19. The molecular formula is C15H27N3. The summed E-state index contributed by atoms with van der Waals surface area (Å²) in [7, 11) is 0. The third kappa shape index (κ3) is 4.28. The topological polar surface area (TPSA) is 18.5 Å². The van der Waals surface area contributed by atoms with Crippen LogP contribution in [0.25, 0.3) is 0 Å². The Hall–Kier alpha value is -0.560. The molecule has 2 rings (SSSR count). The quantitative estimate of drug-likeness (QED) is 0.737. The van der Waals surface area contributed by atoms with Gasteiger partial charge in [0.05, 0.1) is 6.54 Å². The van der Waals surface area contributed by atoms with Crippen LogP contribution in [0.5, 0.6) is 0 Å². The zero-order valence-electron chi connectivity index (χ0n) is 11.9. The summed E-state index contributed by atoms with van der Waals surface area (Å²) in [6.45, 7) is 12.5. The number of hydrogen-bond acceptors (Lipinski definition) is 3. The molecule has 102 valence electrons. The van der Waals surface area contributed by atoms with Crippen LogP contribution in [0, 0.1) is 17.8 Å². The molecule has 0 amide bonds. The Morgan fingerprint density at radius 2 is 1.78 bits per heavy atom. The van der Waals surface area contributed by atoms with E-state index in [2.05, 4.69) is 40.8 Å². The fraction of sp³-hybridized carbons (Fsp3) is 0.867. The normalized spacial score (nSPS) is 23.9. The first-order valence-electron chi connectivity index (χ1n) is 7.41. The predicted octanol–water partition coefficient (Wildman–Crippen LogP) is 1.02. The standard InChI is InChI=1S/C15H27N3/c1-14(2)18-10-5-15(6-11-18)4-3-9-17-12-7-16-8-13-17/h14-16H,5-13H2,1-2H3. The Balaban J connectivity index is 1.68. The van der Waals surface area contributed by atoms with Gasteiger partial charge in [0.15, 0.2) is 0 Å². The van der Waals surface area contributed by atoms with E-state index in [0.29, 0.717) is 12.0 Å². The number of nitrogens with zero attached hydrogens (tertiary/aromatic N) is 2.